The fourth-order valence-corrected chi connectivity index (χ4v) is 2.84. The summed E-state index contributed by atoms with van der Waals surface area (Å²) in [5.41, 5.74) is 2.08. The molecule has 0 saturated carbocycles. The summed E-state index contributed by atoms with van der Waals surface area (Å²) in [7, 11) is 3.37. The number of hydrogen-bond acceptors (Lipinski definition) is 4. The third-order valence-corrected chi connectivity index (χ3v) is 4.10. The lowest BCUT2D eigenvalue weighted by Crippen LogP contribution is -2.45. The molecule has 1 aliphatic heterocycles. The van der Waals surface area contributed by atoms with Crippen LogP contribution in [0.15, 0.2) is 24.3 Å². The van der Waals surface area contributed by atoms with Gasteiger partial charge in [0.25, 0.3) is 0 Å². The highest BCUT2D eigenvalue weighted by atomic mass is 32.1. The Morgan fingerprint density at radius 3 is 2.55 bits per heavy atom. The van der Waals surface area contributed by atoms with Gasteiger partial charge in [-0.3, -0.25) is 9.69 Å². The third kappa shape index (κ3) is 3.94. The zero-order chi connectivity index (χ0) is 16.3. The van der Waals surface area contributed by atoms with Crippen LogP contribution in [0.25, 0.3) is 0 Å². The summed E-state index contributed by atoms with van der Waals surface area (Å²) < 4.78 is 5.34. The molecule has 0 aliphatic carbocycles. The van der Waals surface area contributed by atoms with Crippen molar-refractivity contribution in [3.8, 4) is 0 Å². The molecule has 1 heterocycles. The van der Waals surface area contributed by atoms with Gasteiger partial charge in [-0.15, -0.1) is 0 Å². The largest absolute Gasteiger partial charge is 0.445 e. The van der Waals surface area contributed by atoms with Crippen molar-refractivity contribution >= 4 is 24.6 Å². The number of likely N-dealkylation sites (tertiary alicyclic amines) is 1. The van der Waals surface area contributed by atoms with E-state index in [-0.39, 0.29) is 17.8 Å². The number of carbonyl (C=O) groups is 2. The van der Waals surface area contributed by atoms with Gasteiger partial charge in [0, 0.05) is 25.9 Å². The molecule has 2 rings (SSSR count). The van der Waals surface area contributed by atoms with Crippen molar-refractivity contribution in [3.63, 3.8) is 0 Å². The molecule has 6 heteroatoms. The molecular formula is C16H22N2O3S. The number of thiol groups is 1. The Morgan fingerprint density at radius 1 is 1.32 bits per heavy atom. The Balaban J connectivity index is 1.98. The second kappa shape index (κ2) is 7.05. The Bertz CT molecular complexity index is 545. The zero-order valence-corrected chi connectivity index (χ0v) is 14.0. The van der Waals surface area contributed by atoms with Crippen molar-refractivity contribution in [3.05, 3.63) is 35.4 Å². The van der Waals surface area contributed by atoms with E-state index in [1.165, 1.54) is 9.80 Å². The van der Waals surface area contributed by atoms with Gasteiger partial charge in [0.15, 0.2) is 0 Å². The molecule has 120 valence electrons. The van der Waals surface area contributed by atoms with Gasteiger partial charge in [-0.2, -0.15) is 12.6 Å². The van der Waals surface area contributed by atoms with Gasteiger partial charge < -0.3 is 9.64 Å². The number of likely N-dealkylation sites (N-methyl/N-ethyl adjacent to an activating group) is 1. The number of aryl methyl sites for hydroxylation is 1. The van der Waals surface area contributed by atoms with Crippen LogP contribution in [0.1, 0.15) is 17.5 Å². The molecule has 0 N–H and O–H groups in total. The second-order valence-corrected chi connectivity index (χ2v) is 6.56. The standard InChI is InChI=1S/C16H22N2O3S/c1-11-4-6-12(7-5-11)10-21-16(20)18-9-13(22)8-14(18)15(19)17(2)3/h4-7,13-14,22H,8-10H2,1-3H3/t13-,14-/m0/s1. The van der Waals surface area contributed by atoms with Gasteiger partial charge in [-0.25, -0.2) is 4.79 Å². The average Bonchev–Trinajstić information content (AvgIpc) is 2.87. The Kier molecular flexibility index (Phi) is 5.34. The van der Waals surface area contributed by atoms with Crippen molar-refractivity contribution in [1.82, 2.24) is 9.80 Å². The van der Waals surface area contributed by atoms with E-state index < -0.39 is 12.1 Å². The summed E-state index contributed by atoms with van der Waals surface area (Å²) in [6, 6.07) is 7.32. The summed E-state index contributed by atoms with van der Waals surface area (Å²) in [4.78, 5) is 27.4. The highest BCUT2D eigenvalue weighted by Gasteiger charge is 2.39. The van der Waals surface area contributed by atoms with Crippen molar-refractivity contribution in [2.75, 3.05) is 20.6 Å². The van der Waals surface area contributed by atoms with Crippen LogP contribution in [0.2, 0.25) is 0 Å². The maximum atomic E-state index is 12.3. The summed E-state index contributed by atoms with van der Waals surface area (Å²) in [6.07, 6.45) is 0.0945. The van der Waals surface area contributed by atoms with Crippen LogP contribution in [-0.2, 0) is 16.1 Å². The molecule has 1 aliphatic rings. The first-order valence-electron chi connectivity index (χ1n) is 7.26. The Hall–Kier alpha value is -1.69. The molecule has 1 saturated heterocycles. The first-order chi connectivity index (χ1) is 10.4. The van der Waals surface area contributed by atoms with E-state index in [4.69, 9.17) is 4.74 Å². The van der Waals surface area contributed by atoms with Gasteiger partial charge in [-0.05, 0) is 18.9 Å². The Morgan fingerprint density at radius 2 is 1.95 bits per heavy atom. The Labute approximate surface area is 136 Å². The topological polar surface area (TPSA) is 49.9 Å². The highest BCUT2D eigenvalue weighted by Crippen LogP contribution is 2.24. The average molecular weight is 322 g/mol. The minimum absolute atomic E-state index is 0.000764. The molecule has 0 unspecified atom stereocenters. The van der Waals surface area contributed by atoms with Gasteiger partial charge in [0.2, 0.25) is 5.91 Å². The van der Waals surface area contributed by atoms with E-state index in [9.17, 15) is 9.59 Å². The maximum Gasteiger partial charge on any atom is 0.410 e. The van der Waals surface area contributed by atoms with Gasteiger partial charge in [0.05, 0.1) is 0 Å². The predicted molar refractivity (Wildman–Crippen MR) is 87.9 cm³/mol. The van der Waals surface area contributed by atoms with E-state index in [0.29, 0.717) is 13.0 Å². The molecular weight excluding hydrogens is 300 g/mol. The number of hydrogen-bond donors (Lipinski definition) is 1. The van der Waals surface area contributed by atoms with Crippen LogP contribution < -0.4 is 0 Å². The normalized spacial score (nSPS) is 20.8. The lowest BCUT2D eigenvalue weighted by molar-refractivity contribution is -0.133. The molecule has 1 fully saturated rings. The number of benzene rings is 1. The van der Waals surface area contributed by atoms with E-state index in [0.717, 1.165) is 11.1 Å². The number of nitrogens with zero attached hydrogens (tertiary/aromatic N) is 2. The second-order valence-electron chi connectivity index (χ2n) is 5.83. The molecule has 2 amide bonds. The summed E-state index contributed by atoms with van der Waals surface area (Å²) in [5.74, 6) is -0.0937. The lowest BCUT2D eigenvalue weighted by atomic mass is 10.2. The van der Waals surface area contributed by atoms with Gasteiger partial charge in [-0.1, -0.05) is 29.8 Å². The molecule has 0 radical (unpaired) electrons. The number of rotatable bonds is 3. The van der Waals surface area contributed by atoms with Crippen LogP contribution in [0.5, 0.6) is 0 Å². The highest BCUT2D eigenvalue weighted by molar-refractivity contribution is 7.81. The van der Waals surface area contributed by atoms with Crippen molar-refractivity contribution in [2.45, 2.75) is 31.2 Å². The van der Waals surface area contributed by atoms with E-state index in [1.807, 2.05) is 31.2 Å². The summed E-state index contributed by atoms with van der Waals surface area (Å²) >= 11 is 4.40. The first kappa shape index (κ1) is 16.7. The molecule has 22 heavy (non-hydrogen) atoms. The lowest BCUT2D eigenvalue weighted by Gasteiger charge is -2.25. The SMILES string of the molecule is Cc1ccc(COC(=O)N2C[C@@H](S)C[C@H]2C(=O)N(C)C)cc1. The molecule has 1 aromatic rings. The van der Waals surface area contributed by atoms with E-state index >= 15 is 0 Å². The van der Waals surface area contributed by atoms with Crippen molar-refractivity contribution in [1.29, 1.82) is 0 Å². The monoisotopic (exact) mass is 322 g/mol. The molecule has 2 atom stereocenters. The molecule has 0 spiro atoms. The number of amides is 2. The van der Waals surface area contributed by atoms with Gasteiger partial charge in [0.1, 0.15) is 12.6 Å². The molecule has 0 aromatic heterocycles. The van der Waals surface area contributed by atoms with Crippen LogP contribution >= 0.6 is 12.6 Å². The van der Waals surface area contributed by atoms with Crippen LogP contribution in [0, 0.1) is 6.92 Å². The zero-order valence-electron chi connectivity index (χ0n) is 13.2. The summed E-state index contributed by atoms with van der Waals surface area (Å²) in [5, 5.41) is 0.000764. The van der Waals surface area contributed by atoms with E-state index in [2.05, 4.69) is 12.6 Å². The van der Waals surface area contributed by atoms with E-state index in [1.54, 1.807) is 14.1 Å². The third-order valence-electron chi connectivity index (χ3n) is 3.72. The fraction of sp³-hybridized carbons (Fsp3) is 0.500. The maximum absolute atomic E-state index is 12.3. The fourth-order valence-electron chi connectivity index (χ4n) is 2.46. The summed E-state index contributed by atoms with van der Waals surface area (Å²) in [6.45, 7) is 2.64. The number of ether oxygens (including phenoxy) is 1. The quantitative estimate of drug-likeness (QED) is 0.867. The van der Waals surface area contributed by atoms with Crippen LogP contribution in [0.3, 0.4) is 0 Å². The van der Waals surface area contributed by atoms with Gasteiger partial charge >= 0.3 is 6.09 Å². The minimum Gasteiger partial charge on any atom is -0.445 e. The first-order valence-corrected chi connectivity index (χ1v) is 7.78. The molecule has 0 bridgehead atoms. The molecule has 1 aromatic carbocycles. The van der Waals surface area contributed by atoms with Crippen LogP contribution in [-0.4, -0.2) is 53.7 Å². The molecule has 5 nitrogen and oxygen atoms in total. The van der Waals surface area contributed by atoms with Crippen molar-refractivity contribution in [2.24, 2.45) is 0 Å². The minimum atomic E-state index is -0.483. The van der Waals surface area contributed by atoms with Crippen molar-refractivity contribution < 1.29 is 14.3 Å². The van der Waals surface area contributed by atoms with Crippen LogP contribution in [0.4, 0.5) is 4.79 Å². The predicted octanol–water partition coefficient (Wildman–Crippen LogP) is 2.09. The number of carbonyl (C=O) groups excluding carboxylic acids is 2. The smallest absolute Gasteiger partial charge is 0.410 e.